The molecular weight excluding hydrogens is 418 g/mol. The minimum Gasteiger partial charge on any atom is -0.497 e. The van der Waals surface area contributed by atoms with Crippen molar-refractivity contribution in [3.63, 3.8) is 0 Å². The molecule has 7 heteroatoms. The molecule has 7 nitrogen and oxygen atoms in total. The number of amides is 3. The normalized spacial score (nSPS) is 13.7. The van der Waals surface area contributed by atoms with Crippen LogP contribution in [0.5, 0.6) is 5.75 Å². The van der Waals surface area contributed by atoms with Crippen molar-refractivity contribution in [2.45, 2.75) is 32.6 Å². The van der Waals surface area contributed by atoms with Crippen molar-refractivity contribution in [2.75, 3.05) is 39.8 Å². The molecule has 2 aromatic carbocycles. The molecule has 0 aromatic heterocycles. The predicted molar refractivity (Wildman–Crippen MR) is 128 cm³/mol. The van der Waals surface area contributed by atoms with Crippen molar-refractivity contribution in [1.82, 2.24) is 15.1 Å². The lowest BCUT2D eigenvalue weighted by Gasteiger charge is -2.35. The minimum absolute atomic E-state index is 0.0126. The molecule has 0 aliphatic carbocycles. The van der Waals surface area contributed by atoms with Crippen LogP contribution in [0.25, 0.3) is 0 Å². The lowest BCUT2D eigenvalue weighted by Crippen LogP contribution is -2.50. The van der Waals surface area contributed by atoms with E-state index in [1.807, 2.05) is 29.2 Å². The fourth-order valence-corrected chi connectivity index (χ4v) is 3.80. The van der Waals surface area contributed by atoms with Crippen LogP contribution in [0.4, 0.5) is 0 Å². The molecule has 1 saturated heterocycles. The van der Waals surface area contributed by atoms with Crippen LogP contribution in [0.2, 0.25) is 0 Å². The zero-order valence-electron chi connectivity index (χ0n) is 19.7. The first kappa shape index (κ1) is 24.3. The Hall–Kier alpha value is -3.35. The molecule has 1 heterocycles. The molecule has 0 unspecified atom stereocenters. The van der Waals surface area contributed by atoms with Gasteiger partial charge in [-0.25, -0.2) is 0 Å². The number of rotatable bonds is 8. The molecule has 1 fully saturated rings. The van der Waals surface area contributed by atoms with E-state index in [0.717, 1.165) is 0 Å². The summed E-state index contributed by atoms with van der Waals surface area (Å²) < 4.78 is 5.09. The summed E-state index contributed by atoms with van der Waals surface area (Å²) in [6, 6.07) is 14.7. The lowest BCUT2D eigenvalue weighted by molar-refractivity contribution is -0.132. The molecule has 0 radical (unpaired) electrons. The van der Waals surface area contributed by atoms with Crippen LogP contribution in [0.3, 0.4) is 0 Å². The Balaban J connectivity index is 1.37. The molecule has 0 spiro atoms. The maximum absolute atomic E-state index is 12.8. The van der Waals surface area contributed by atoms with Crippen LogP contribution >= 0.6 is 0 Å². The maximum atomic E-state index is 12.8. The molecule has 0 atom stereocenters. The summed E-state index contributed by atoms with van der Waals surface area (Å²) in [6.45, 7) is 6.82. The van der Waals surface area contributed by atoms with Crippen LogP contribution < -0.4 is 10.1 Å². The quantitative estimate of drug-likeness (QED) is 0.625. The number of carbonyl (C=O) groups is 3. The number of hydrogen-bond acceptors (Lipinski definition) is 4. The van der Waals surface area contributed by atoms with Gasteiger partial charge in [0.25, 0.3) is 11.8 Å². The van der Waals surface area contributed by atoms with Gasteiger partial charge in [0.1, 0.15) is 5.75 Å². The first-order valence-electron chi connectivity index (χ1n) is 11.5. The van der Waals surface area contributed by atoms with Gasteiger partial charge in [0.2, 0.25) is 5.91 Å². The molecule has 3 rings (SSSR count). The number of nitrogens with one attached hydrogen (secondary N) is 1. The highest BCUT2D eigenvalue weighted by atomic mass is 16.5. The van der Waals surface area contributed by atoms with E-state index in [9.17, 15) is 14.4 Å². The third-order valence-electron chi connectivity index (χ3n) is 5.95. The molecular formula is C26H33N3O4. The largest absolute Gasteiger partial charge is 0.497 e. The van der Waals surface area contributed by atoms with Crippen molar-refractivity contribution < 1.29 is 19.1 Å². The fourth-order valence-electron chi connectivity index (χ4n) is 3.80. The number of methoxy groups -OCH3 is 1. The van der Waals surface area contributed by atoms with Crippen LogP contribution in [0.15, 0.2) is 48.5 Å². The Morgan fingerprint density at radius 2 is 1.45 bits per heavy atom. The number of nitrogens with zero attached hydrogens (tertiary/aromatic N) is 2. The molecule has 176 valence electrons. The highest BCUT2D eigenvalue weighted by molar-refractivity contribution is 5.95. The Bertz CT molecular complexity index is 947. The average molecular weight is 452 g/mol. The second-order valence-corrected chi connectivity index (χ2v) is 8.54. The van der Waals surface area contributed by atoms with Gasteiger partial charge in [0.15, 0.2) is 0 Å². The van der Waals surface area contributed by atoms with Crippen molar-refractivity contribution in [3.8, 4) is 5.75 Å². The van der Waals surface area contributed by atoms with Crippen molar-refractivity contribution in [1.29, 1.82) is 0 Å². The second kappa shape index (κ2) is 11.5. The van der Waals surface area contributed by atoms with Gasteiger partial charge in [-0.3, -0.25) is 14.4 Å². The van der Waals surface area contributed by atoms with E-state index in [1.165, 1.54) is 5.56 Å². The highest BCUT2D eigenvalue weighted by Crippen LogP contribution is 2.17. The molecule has 0 saturated carbocycles. The van der Waals surface area contributed by atoms with Gasteiger partial charge in [-0.1, -0.05) is 26.0 Å². The zero-order valence-corrected chi connectivity index (χ0v) is 19.7. The molecule has 1 aliphatic heterocycles. The van der Waals surface area contributed by atoms with Crippen LogP contribution in [0, 0.1) is 0 Å². The van der Waals surface area contributed by atoms with Crippen molar-refractivity contribution in [2.24, 2.45) is 0 Å². The highest BCUT2D eigenvalue weighted by Gasteiger charge is 2.24. The zero-order chi connectivity index (χ0) is 23.8. The van der Waals surface area contributed by atoms with Gasteiger partial charge in [-0.05, 0) is 54.3 Å². The van der Waals surface area contributed by atoms with Gasteiger partial charge in [-0.2, -0.15) is 0 Å². The molecule has 1 N–H and O–H groups in total. The van der Waals surface area contributed by atoms with Gasteiger partial charge >= 0.3 is 0 Å². The van der Waals surface area contributed by atoms with Crippen LogP contribution in [-0.2, 0) is 4.79 Å². The van der Waals surface area contributed by atoms with Gasteiger partial charge in [-0.15, -0.1) is 0 Å². The number of piperazine rings is 1. The average Bonchev–Trinajstić information content (AvgIpc) is 2.86. The summed E-state index contributed by atoms with van der Waals surface area (Å²) in [4.78, 5) is 41.1. The van der Waals surface area contributed by atoms with E-state index < -0.39 is 0 Å². The summed E-state index contributed by atoms with van der Waals surface area (Å²) >= 11 is 0. The van der Waals surface area contributed by atoms with E-state index in [1.54, 1.807) is 36.3 Å². The summed E-state index contributed by atoms with van der Waals surface area (Å²) in [6.07, 6.45) is 0.940. The molecule has 3 amide bonds. The van der Waals surface area contributed by atoms with Gasteiger partial charge in [0.05, 0.1) is 7.11 Å². The SMILES string of the molecule is COc1ccc(C(=O)NCCCC(=O)N2CCN(C(=O)c3ccc(C(C)C)cc3)CC2)cc1. The smallest absolute Gasteiger partial charge is 0.253 e. The molecule has 1 aliphatic rings. The van der Waals surface area contributed by atoms with E-state index in [2.05, 4.69) is 19.2 Å². The van der Waals surface area contributed by atoms with E-state index in [-0.39, 0.29) is 17.7 Å². The maximum Gasteiger partial charge on any atom is 0.253 e. The first-order chi connectivity index (χ1) is 15.9. The van der Waals surface area contributed by atoms with Crippen LogP contribution in [0.1, 0.15) is 58.9 Å². The van der Waals surface area contributed by atoms with Crippen molar-refractivity contribution in [3.05, 3.63) is 65.2 Å². The number of ether oxygens (including phenoxy) is 1. The first-order valence-corrected chi connectivity index (χ1v) is 11.5. The lowest BCUT2D eigenvalue weighted by atomic mass is 10.0. The van der Waals surface area contributed by atoms with E-state index >= 15 is 0 Å². The third-order valence-corrected chi connectivity index (χ3v) is 5.95. The van der Waals surface area contributed by atoms with Crippen LogP contribution in [-0.4, -0.2) is 67.4 Å². The number of hydrogen-bond donors (Lipinski definition) is 1. The predicted octanol–water partition coefficient (Wildman–Crippen LogP) is 3.31. The van der Waals surface area contributed by atoms with Gasteiger partial charge in [0, 0.05) is 50.3 Å². The second-order valence-electron chi connectivity index (χ2n) is 8.54. The third kappa shape index (κ3) is 6.57. The van der Waals surface area contributed by atoms with Gasteiger partial charge < -0.3 is 19.9 Å². The number of carbonyl (C=O) groups excluding carboxylic acids is 3. The monoisotopic (exact) mass is 451 g/mol. The Morgan fingerprint density at radius 1 is 0.879 bits per heavy atom. The summed E-state index contributed by atoms with van der Waals surface area (Å²) in [5, 5.41) is 2.84. The molecule has 2 aromatic rings. The van der Waals surface area contributed by atoms with E-state index in [4.69, 9.17) is 4.74 Å². The standard InChI is InChI=1S/C26H33N3O4/c1-19(2)20-6-8-22(9-7-20)26(32)29-17-15-28(16-18-29)24(30)5-4-14-27-25(31)21-10-12-23(33-3)13-11-21/h6-13,19H,4-5,14-18H2,1-3H3,(H,27,31). The fraction of sp³-hybridized carbons (Fsp3) is 0.423. The molecule has 0 bridgehead atoms. The Kier molecular flexibility index (Phi) is 8.46. The minimum atomic E-state index is -0.168. The summed E-state index contributed by atoms with van der Waals surface area (Å²) in [5.41, 5.74) is 2.45. The summed E-state index contributed by atoms with van der Waals surface area (Å²) in [7, 11) is 1.58. The topological polar surface area (TPSA) is 79.0 Å². The van der Waals surface area contributed by atoms with Crippen molar-refractivity contribution >= 4 is 17.7 Å². The van der Waals surface area contributed by atoms with E-state index in [0.29, 0.717) is 68.4 Å². The Labute approximate surface area is 195 Å². The summed E-state index contributed by atoms with van der Waals surface area (Å²) in [5.74, 6) is 1.03. The molecule has 33 heavy (non-hydrogen) atoms. The number of benzene rings is 2. The Morgan fingerprint density at radius 3 is 2.03 bits per heavy atom.